The zero-order valence-electron chi connectivity index (χ0n) is 17.8. The summed E-state index contributed by atoms with van der Waals surface area (Å²) in [5.41, 5.74) is 9.05. The van der Waals surface area contributed by atoms with E-state index in [4.69, 9.17) is 26.8 Å². The second kappa shape index (κ2) is 8.81. The third-order valence-electron chi connectivity index (χ3n) is 5.68. The molecule has 162 valence electrons. The predicted octanol–water partition coefficient (Wildman–Crippen LogP) is 4.28. The molecule has 0 bridgehead atoms. The lowest BCUT2D eigenvalue weighted by atomic mass is 9.84. The number of ether oxygens (including phenoxy) is 2. The fourth-order valence-electron chi connectivity index (χ4n) is 3.99. The van der Waals surface area contributed by atoms with Crippen molar-refractivity contribution >= 4 is 11.6 Å². The van der Waals surface area contributed by atoms with Crippen LogP contribution in [0.5, 0.6) is 11.5 Å². The molecule has 0 spiro atoms. The number of rotatable bonds is 5. The molecule has 1 aliphatic heterocycles. The van der Waals surface area contributed by atoms with Crippen molar-refractivity contribution in [3.05, 3.63) is 104 Å². The second-order valence-electron chi connectivity index (χ2n) is 7.59. The summed E-state index contributed by atoms with van der Waals surface area (Å²) in [7, 11) is 1.63. The first kappa shape index (κ1) is 21.5. The Kier molecular flexibility index (Phi) is 5.93. The topological polar surface area (TPSA) is 90.3 Å². The van der Waals surface area contributed by atoms with Gasteiger partial charge in [0.2, 0.25) is 5.88 Å². The van der Waals surface area contributed by atoms with E-state index in [9.17, 15) is 10.1 Å². The van der Waals surface area contributed by atoms with Gasteiger partial charge in [0.15, 0.2) is 0 Å². The van der Waals surface area contributed by atoms with Crippen LogP contribution in [0.3, 0.4) is 0 Å². The van der Waals surface area contributed by atoms with E-state index >= 15 is 0 Å². The van der Waals surface area contributed by atoms with Gasteiger partial charge in [-0.25, -0.2) is 0 Å². The number of methoxy groups -OCH3 is 1. The molecule has 0 saturated carbocycles. The van der Waals surface area contributed by atoms with Gasteiger partial charge < -0.3 is 19.8 Å². The number of halogens is 1. The quantitative estimate of drug-likeness (QED) is 0.630. The Balaban J connectivity index is 1.77. The Morgan fingerprint density at radius 3 is 2.50 bits per heavy atom. The number of nitriles is 1. The van der Waals surface area contributed by atoms with Crippen LogP contribution in [0.2, 0.25) is 5.02 Å². The van der Waals surface area contributed by atoms with Crippen molar-refractivity contribution in [2.45, 2.75) is 25.8 Å². The van der Waals surface area contributed by atoms with E-state index in [0.29, 0.717) is 29.3 Å². The Bertz CT molecular complexity index is 1290. The summed E-state index contributed by atoms with van der Waals surface area (Å²) in [6, 6.07) is 18.7. The lowest BCUT2D eigenvalue weighted by Crippen LogP contribution is -2.33. The molecular weight excluding hydrogens is 426 g/mol. The van der Waals surface area contributed by atoms with Crippen molar-refractivity contribution in [3.63, 3.8) is 0 Å². The average Bonchev–Trinajstić information content (AvgIpc) is 2.79. The van der Waals surface area contributed by atoms with Gasteiger partial charge in [0.1, 0.15) is 23.1 Å². The molecule has 3 aromatic rings. The summed E-state index contributed by atoms with van der Waals surface area (Å²) in [6.07, 6.45) is 0.666. The third kappa shape index (κ3) is 3.95. The van der Waals surface area contributed by atoms with E-state index in [1.54, 1.807) is 42.0 Å². The van der Waals surface area contributed by atoms with Crippen LogP contribution in [-0.4, -0.2) is 11.7 Å². The summed E-state index contributed by atoms with van der Waals surface area (Å²) in [4.78, 5) is 13.6. The number of hydrogen-bond donors (Lipinski definition) is 1. The van der Waals surface area contributed by atoms with Crippen LogP contribution >= 0.6 is 11.6 Å². The molecular formula is C25H22ClN3O3. The molecule has 2 heterocycles. The first-order valence-corrected chi connectivity index (χ1v) is 10.5. The smallest absolute Gasteiger partial charge is 0.258 e. The van der Waals surface area contributed by atoms with Crippen LogP contribution in [0.4, 0.5) is 0 Å². The Hall–Kier alpha value is -3.69. The van der Waals surface area contributed by atoms with Gasteiger partial charge in [-0.15, -0.1) is 0 Å². The summed E-state index contributed by atoms with van der Waals surface area (Å²) >= 11 is 6.05. The number of allylic oxidation sites excluding steroid dienone is 1. The first-order chi connectivity index (χ1) is 15.4. The van der Waals surface area contributed by atoms with Gasteiger partial charge >= 0.3 is 0 Å². The van der Waals surface area contributed by atoms with E-state index in [-0.39, 0.29) is 17.0 Å². The molecule has 2 N–H and O–H groups in total. The Morgan fingerprint density at radius 2 is 1.88 bits per heavy atom. The highest BCUT2D eigenvalue weighted by Gasteiger charge is 2.34. The SMILES string of the molecule is COc1ccc(CCn2c(C)cc3c(c2=O)C(c2ccc(Cl)cc2)C(C#N)=C(N)O3)cc1. The molecule has 6 nitrogen and oxygen atoms in total. The standard InChI is InChI=1S/C25H22ClN3O3/c1-15-13-21-23(25(30)29(15)12-11-16-3-9-19(31-2)10-4-16)22(20(14-27)24(28)32-21)17-5-7-18(26)8-6-17/h3-10,13,22H,11-12,28H2,1-2H3. The number of nitrogens with two attached hydrogens (primary N) is 1. The van der Waals surface area contributed by atoms with Crippen LogP contribution in [0.15, 0.2) is 70.8 Å². The summed E-state index contributed by atoms with van der Waals surface area (Å²) in [5.74, 6) is 0.549. The monoisotopic (exact) mass is 447 g/mol. The molecule has 0 aliphatic carbocycles. The zero-order valence-corrected chi connectivity index (χ0v) is 18.5. The van der Waals surface area contributed by atoms with Crippen molar-refractivity contribution in [2.75, 3.05) is 7.11 Å². The van der Waals surface area contributed by atoms with Crippen LogP contribution in [0.25, 0.3) is 0 Å². The van der Waals surface area contributed by atoms with Gasteiger partial charge in [0.25, 0.3) is 5.56 Å². The largest absolute Gasteiger partial charge is 0.497 e. The van der Waals surface area contributed by atoms with Crippen LogP contribution in [-0.2, 0) is 13.0 Å². The number of hydrogen-bond acceptors (Lipinski definition) is 5. The number of aryl methyl sites for hydroxylation is 2. The molecule has 1 atom stereocenters. The molecule has 1 aliphatic rings. The minimum Gasteiger partial charge on any atom is -0.497 e. The number of fused-ring (bicyclic) bond motifs is 1. The maximum Gasteiger partial charge on any atom is 0.258 e. The minimum absolute atomic E-state index is 0.00901. The van der Waals surface area contributed by atoms with E-state index in [1.807, 2.05) is 31.2 Å². The van der Waals surface area contributed by atoms with Gasteiger partial charge in [0, 0.05) is 23.3 Å². The van der Waals surface area contributed by atoms with Gasteiger partial charge in [-0.05, 0) is 48.7 Å². The van der Waals surface area contributed by atoms with E-state index in [0.717, 1.165) is 22.6 Å². The van der Waals surface area contributed by atoms with Crippen molar-refractivity contribution in [1.82, 2.24) is 4.57 Å². The molecule has 0 radical (unpaired) electrons. The minimum atomic E-state index is -0.624. The lowest BCUT2D eigenvalue weighted by molar-refractivity contribution is 0.388. The van der Waals surface area contributed by atoms with Crippen molar-refractivity contribution < 1.29 is 9.47 Å². The normalized spacial score (nSPS) is 15.0. The number of benzene rings is 2. The average molecular weight is 448 g/mol. The molecule has 2 aromatic carbocycles. The van der Waals surface area contributed by atoms with Crippen molar-refractivity contribution in [2.24, 2.45) is 5.73 Å². The maximum atomic E-state index is 13.6. The fraction of sp³-hybridized carbons (Fsp3) is 0.200. The van der Waals surface area contributed by atoms with Crippen molar-refractivity contribution in [1.29, 1.82) is 5.26 Å². The molecule has 4 rings (SSSR count). The van der Waals surface area contributed by atoms with Gasteiger partial charge in [0.05, 0.1) is 18.6 Å². The number of pyridine rings is 1. The summed E-state index contributed by atoms with van der Waals surface area (Å²) in [6.45, 7) is 2.34. The molecule has 7 heteroatoms. The molecule has 0 amide bonds. The van der Waals surface area contributed by atoms with Gasteiger partial charge in [-0.2, -0.15) is 5.26 Å². The van der Waals surface area contributed by atoms with E-state index in [2.05, 4.69) is 6.07 Å². The molecule has 0 fully saturated rings. The maximum absolute atomic E-state index is 13.6. The van der Waals surface area contributed by atoms with Crippen molar-refractivity contribution in [3.8, 4) is 17.6 Å². The second-order valence-corrected chi connectivity index (χ2v) is 8.03. The predicted molar refractivity (Wildman–Crippen MR) is 123 cm³/mol. The van der Waals surface area contributed by atoms with Gasteiger partial charge in [-0.3, -0.25) is 4.79 Å². The molecule has 1 unspecified atom stereocenters. The Morgan fingerprint density at radius 1 is 1.19 bits per heavy atom. The lowest BCUT2D eigenvalue weighted by Gasteiger charge is -2.27. The van der Waals surface area contributed by atoms with Crippen LogP contribution in [0.1, 0.15) is 28.3 Å². The van der Waals surface area contributed by atoms with E-state index in [1.165, 1.54) is 0 Å². The highest BCUT2D eigenvalue weighted by atomic mass is 35.5. The highest BCUT2D eigenvalue weighted by molar-refractivity contribution is 6.30. The van der Waals surface area contributed by atoms with Crippen LogP contribution in [0, 0.1) is 18.3 Å². The van der Waals surface area contributed by atoms with Gasteiger partial charge in [-0.1, -0.05) is 35.9 Å². The number of aromatic nitrogens is 1. The van der Waals surface area contributed by atoms with E-state index < -0.39 is 5.92 Å². The molecule has 32 heavy (non-hydrogen) atoms. The Labute approximate surface area is 191 Å². The molecule has 0 saturated heterocycles. The first-order valence-electron chi connectivity index (χ1n) is 10.1. The zero-order chi connectivity index (χ0) is 22.8. The van der Waals surface area contributed by atoms with Crippen LogP contribution < -0.4 is 20.8 Å². The molecule has 1 aromatic heterocycles. The highest BCUT2D eigenvalue weighted by Crippen LogP contribution is 2.40. The summed E-state index contributed by atoms with van der Waals surface area (Å²) in [5, 5.41) is 10.3. The third-order valence-corrected chi connectivity index (χ3v) is 5.93. The summed E-state index contributed by atoms with van der Waals surface area (Å²) < 4.78 is 12.6. The fourth-order valence-corrected chi connectivity index (χ4v) is 4.11. The number of nitrogens with zero attached hydrogens (tertiary/aromatic N) is 2.